The van der Waals surface area contributed by atoms with Crippen molar-refractivity contribution in [3.05, 3.63) is 72.1 Å². The average Bonchev–Trinajstić information content (AvgIpc) is 3.24. The first-order valence-electron chi connectivity index (χ1n) is 7.88. The molecule has 4 aromatic rings. The number of carbonyl (C=O) groups is 1. The smallest absolute Gasteiger partial charge is 0.234 e. The molecule has 0 atom stereocenters. The fourth-order valence-electron chi connectivity index (χ4n) is 2.47. The molecule has 0 saturated carbocycles. The highest BCUT2D eigenvalue weighted by Crippen LogP contribution is 2.23. The van der Waals surface area contributed by atoms with Gasteiger partial charge < -0.3 is 5.32 Å². The molecule has 0 fully saturated rings. The highest BCUT2D eigenvalue weighted by atomic mass is 32.2. The number of thioether (sulfide) groups is 1. The molecule has 130 valence electrons. The Morgan fingerprint density at radius 2 is 1.92 bits per heavy atom. The number of nitrogens with one attached hydrogen (secondary N) is 1. The number of fused-ring (bicyclic) bond motifs is 1. The van der Waals surface area contributed by atoms with Crippen LogP contribution in [-0.2, 0) is 4.79 Å². The monoisotopic (exact) mass is 383 g/mol. The van der Waals surface area contributed by atoms with Crippen LogP contribution >= 0.6 is 23.1 Å². The molecule has 1 amide bonds. The van der Waals surface area contributed by atoms with Gasteiger partial charge in [-0.15, -0.1) is 23.1 Å². The molecule has 2 aromatic heterocycles. The first kappa shape index (κ1) is 16.8. The minimum atomic E-state index is -0.281. The molecular weight excluding hydrogens is 369 g/mol. The predicted molar refractivity (Wildman–Crippen MR) is 104 cm³/mol. The standard InChI is InChI=1S/C19H14FN3OS2/c20-14-3-7-16(8-4-14)26-12-18(24)21-15-5-1-13(2-6-15)17-11-23-9-10-25-19(23)22-17/h1-11H,12H2,(H,21,24). The minimum Gasteiger partial charge on any atom is -0.325 e. The van der Waals surface area contributed by atoms with Crippen LogP contribution in [0.15, 0.2) is 71.2 Å². The lowest BCUT2D eigenvalue weighted by molar-refractivity contribution is -0.113. The first-order valence-corrected chi connectivity index (χ1v) is 9.75. The van der Waals surface area contributed by atoms with Gasteiger partial charge in [0.05, 0.1) is 11.4 Å². The van der Waals surface area contributed by atoms with Crippen molar-refractivity contribution in [1.29, 1.82) is 0 Å². The number of benzene rings is 2. The molecule has 0 aliphatic heterocycles. The van der Waals surface area contributed by atoms with Gasteiger partial charge in [-0.3, -0.25) is 9.20 Å². The van der Waals surface area contributed by atoms with Crippen LogP contribution < -0.4 is 5.32 Å². The fraction of sp³-hybridized carbons (Fsp3) is 0.0526. The SMILES string of the molecule is O=C(CSc1ccc(F)cc1)Nc1ccc(-c2cn3ccsc3n2)cc1. The molecule has 4 nitrogen and oxygen atoms in total. The Morgan fingerprint density at radius 1 is 1.15 bits per heavy atom. The number of aromatic nitrogens is 2. The Kier molecular flexibility index (Phi) is 4.73. The number of amides is 1. The van der Waals surface area contributed by atoms with Crippen molar-refractivity contribution in [3.63, 3.8) is 0 Å². The number of rotatable bonds is 5. The van der Waals surface area contributed by atoms with Gasteiger partial charge in [0.1, 0.15) is 5.82 Å². The maximum atomic E-state index is 12.9. The minimum absolute atomic E-state index is 0.102. The zero-order chi connectivity index (χ0) is 17.9. The van der Waals surface area contributed by atoms with Gasteiger partial charge in [0.15, 0.2) is 4.96 Å². The Hall–Kier alpha value is -2.64. The Labute approximate surface area is 157 Å². The molecular formula is C19H14FN3OS2. The molecule has 0 saturated heterocycles. The molecule has 0 spiro atoms. The summed E-state index contributed by atoms with van der Waals surface area (Å²) in [5, 5.41) is 4.86. The Balaban J connectivity index is 1.36. The van der Waals surface area contributed by atoms with Crippen LogP contribution in [0.25, 0.3) is 16.2 Å². The number of hydrogen-bond acceptors (Lipinski definition) is 4. The van der Waals surface area contributed by atoms with E-state index >= 15 is 0 Å². The van der Waals surface area contributed by atoms with E-state index in [0.29, 0.717) is 0 Å². The molecule has 7 heteroatoms. The van der Waals surface area contributed by atoms with E-state index in [0.717, 1.165) is 26.8 Å². The van der Waals surface area contributed by atoms with E-state index < -0.39 is 0 Å². The topological polar surface area (TPSA) is 46.4 Å². The molecule has 0 unspecified atom stereocenters. The van der Waals surface area contributed by atoms with Crippen LogP contribution in [0.2, 0.25) is 0 Å². The summed E-state index contributed by atoms with van der Waals surface area (Å²) in [7, 11) is 0. The highest BCUT2D eigenvalue weighted by molar-refractivity contribution is 8.00. The second-order valence-electron chi connectivity index (χ2n) is 5.59. The maximum absolute atomic E-state index is 12.9. The van der Waals surface area contributed by atoms with Crippen molar-refractivity contribution in [2.45, 2.75) is 4.90 Å². The van der Waals surface area contributed by atoms with Crippen LogP contribution in [0.1, 0.15) is 0 Å². The van der Waals surface area contributed by atoms with E-state index in [2.05, 4.69) is 10.3 Å². The summed E-state index contributed by atoms with van der Waals surface area (Å²) in [4.78, 5) is 18.4. The van der Waals surface area contributed by atoms with Gasteiger partial charge in [0.25, 0.3) is 0 Å². The summed E-state index contributed by atoms with van der Waals surface area (Å²) >= 11 is 2.96. The summed E-state index contributed by atoms with van der Waals surface area (Å²) in [5.74, 6) is -0.115. The lowest BCUT2D eigenvalue weighted by atomic mass is 10.1. The quantitative estimate of drug-likeness (QED) is 0.497. The van der Waals surface area contributed by atoms with Gasteiger partial charge in [0, 0.05) is 33.9 Å². The van der Waals surface area contributed by atoms with Crippen LogP contribution in [0.5, 0.6) is 0 Å². The number of halogens is 1. The van der Waals surface area contributed by atoms with E-state index in [1.165, 1.54) is 23.9 Å². The summed E-state index contributed by atoms with van der Waals surface area (Å²) < 4.78 is 14.9. The van der Waals surface area contributed by atoms with Crippen LogP contribution in [0, 0.1) is 5.82 Å². The van der Waals surface area contributed by atoms with Crippen molar-refractivity contribution in [2.75, 3.05) is 11.1 Å². The molecule has 26 heavy (non-hydrogen) atoms. The van der Waals surface area contributed by atoms with E-state index in [-0.39, 0.29) is 17.5 Å². The molecule has 2 aromatic carbocycles. The predicted octanol–water partition coefficient (Wildman–Crippen LogP) is 4.93. The number of imidazole rings is 1. The second-order valence-corrected chi connectivity index (χ2v) is 7.51. The molecule has 2 heterocycles. The summed E-state index contributed by atoms with van der Waals surface area (Å²) in [6.07, 6.45) is 3.96. The van der Waals surface area contributed by atoms with E-state index in [1.807, 2.05) is 46.4 Å². The van der Waals surface area contributed by atoms with Crippen LogP contribution in [0.3, 0.4) is 0 Å². The molecule has 0 bridgehead atoms. The average molecular weight is 383 g/mol. The number of thiazole rings is 1. The summed E-state index contributed by atoms with van der Waals surface area (Å²) in [6.45, 7) is 0. The second kappa shape index (κ2) is 7.31. The zero-order valence-corrected chi connectivity index (χ0v) is 15.2. The Bertz CT molecular complexity index is 1010. The van der Waals surface area contributed by atoms with E-state index in [4.69, 9.17) is 0 Å². The lowest BCUT2D eigenvalue weighted by Crippen LogP contribution is -2.13. The van der Waals surface area contributed by atoms with Crippen LogP contribution in [-0.4, -0.2) is 21.0 Å². The maximum Gasteiger partial charge on any atom is 0.234 e. The first-order chi connectivity index (χ1) is 12.7. The van der Waals surface area contributed by atoms with Crippen molar-refractivity contribution >= 4 is 39.7 Å². The van der Waals surface area contributed by atoms with Gasteiger partial charge in [-0.05, 0) is 36.4 Å². The Morgan fingerprint density at radius 3 is 2.65 bits per heavy atom. The third-order valence-electron chi connectivity index (χ3n) is 3.74. The largest absolute Gasteiger partial charge is 0.325 e. The van der Waals surface area contributed by atoms with Gasteiger partial charge >= 0.3 is 0 Å². The van der Waals surface area contributed by atoms with Gasteiger partial charge in [-0.2, -0.15) is 0 Å². The van der Waals surface area contributed by atoms with Crippen LogP contribution in [0.4, 0.5) is 10.1 Å². The third kappa shape index (κ3) is 3.79. The molecule has 0 aliphatic rings. The highest BCUT2D eigenvalue weighted by Gasteiger charge is 2.07. The number of nitrogens with zero attached hydrogens (tertiary/aromatic N) is 2. The number of hydrogen-bond donors (Lipinski definition) is 1. The van der Waals surface area contributed by atoms with Gasteiger partial charge in [-0.1, -0.05) is 12.1 Å². The molecule has 0 aliphatic carbocycles. The number of anilines is 1. The van der Waals surface area contributed by atoms with Crippen molar-refractivity contribution < 1.29 is 9.18 Å². The van der Waals surface area contributed by atoms with E-state index in [1.54, 1.807) is 23.5 Å². The lowest BCUT2D eigenvalue weighted by Gasteiger charge is -2.06. The molecule has 1 N–H and O–H groups in total. The normalized spacial score (nSPS) is 11.0. The zero-order valence-electron chi connectivity index (χ0n) is 13.6. The van der Waals surface area contributed by atoms with Crippen molar-refractivity contribution in [3.8, 4) is 11.3 Å². The van der Waals surface area contributed by atoms with Gasteiger partial charge in [0.2, 0.25) is 5.91 Å². The van der Waals surface area contributed by atoms with E-state index in [9.17, 15) is 9.18 Å². The van der Waals surface area contributed by atoms with Gasteiger partial charge in [-0.25, -0.2) is 9.37 Å². The number of carbonyl (C=O) groups excluding carboxylic acids is 1. The van der Waals surface area contributed by atoms with Crippen molar-refractivity contribution in [1.82, 2.24) is 9.38 Å². The molecule has 4 rings (SSSR count). The summed E-state index contributed by atoms with van der Waals surface area (Å²) in [5.41, 5.74) is 2.64. The fourth-order valence-corrected chi connectivity index (χ4v) is 3.87. The summed E-state index contributed by atoms with van der Waals surface area (Å²) in [6, 6.07) is 13.7. The third-order valence-corrected chi connectivity index (χ3v) is 5.52. The molecule has 0 radical (unpaired) electrons. The van der Waals surface area contributed by atoms with Crippen molar-refractivity contribution in [2.24, 2.45) is 0 Å².